The first-order chi connectivity index (χ1) is 5.50. The van der Waals surface area contributed by atoms with Crippen molar-refractivity contribution >= 4 is 17.7 Å². The van der Waals surface area contributed by atoms with Gasteiger partial charge in [0.2, 0.25) is 0 Å². The van der Waals surface area contributed by atoms with Crippen LogP contribution >= 0.6 is 11.8 Å². The molecule has 0 rings (SSSR count). The Hall–Kier alpha value is -0.360. The first kappa shape index (κ1) is 11.6. The van der Waals surface area contributed by atoms with Crippen molar-refractivity contribution in [3.05, 3.63) is 0 Å². The van der Waals surface area contributed by atoms with Crippen molar-refractivity contribution in [2.24, 2.45) is 0 Å². The average molecular weight is 200 g/mol. The van der Waals surface area contributed by atoms with E-state index >= 15 is 0 Å². The second kappa shape index (κ2) is 5.31. The number of hydrogen-bond acceptors (Lipinski definition) is 3. The lowest BCUT2D eigenvalue weighted by molar-refractivity contribution is -0.173. The van der Waals surface area contributed by atoms with E-state index in [1.807, 2.05) is 0 Å². The Morgan fingerprint density at radius 3 is 2.67 bits per heavy atom. The largest absolute Gasteiger partial charge is 0.477 e. The van der Waals surface area contributed by atoms with E-state index in [-0.39, 0.29) is 6.61 Å². The molecule has 0 aromatic carbocycles. The maximum absolute atomic E-state index is 12.2. The van der Waals surface area contributed by atoms with E-state index in [0.717, 1.165) is 0 Å². The fourth-order valence-corrected chi connectivity index (χ4v) is 0.689. The Kier molecular flexibility index (Phi) is 5.16. The van der Waals surface area contributed by atoms with Gasteiger partial charge in [-0.1, -0.05) is 0 Å². The Morgan fingerprint density at radius 2 is 2.25 bits per heavy atom. The monoisotopic (exact) mass is 200 g/mol. The molecule has 0 spiro atoms. The van der Waals surface area contributed by atoms with Crippen LogP contribution in [0.3, 0.4) is 0 Å². The molecule has 0 aromatic rings. The van der Waals surface area contributed by atoms with Gasteiger partial charge in [-0.05, 0) is 6.26 Å². The van der Waals surface area contributed by atoms with Crippen LogP contribution in [0, 0.1) is 0 Å². The van der Waals surface area contributed by atoms with Crippen molar-refractivity contribution in [1.29, 1.82) is 0 Å². The normalized spacial score (nSPS) is 11.6. The zero-order valence-electron chi connectivity index (χ0n) is 6.55. The predicted molar refractivity (Wildman–Crippen MR) is 41.8 cm³/mol. The van der Waals surface area contributed by atoms with Crippen molar-refractivity contribution in [3.8, 4) is 0 Å². The third-order valence-corrected chi connectivity index (χ3v) is 1.60. The lowest BCUT2D eigenvalue weighted by Crippen LogP contribution is -2.33. The highest BCUT2D eigenvalue weighted by Crippen LogP contribution is 2.13. The summed E-state index contributed by atoms with van der Waals surface area (Å²) in [5, 5.41) is 7.96. The minimum absolute atomic E-state index is 0.143. The van der Waals surface area contributed by atoms with Crippen molar-refractivity contribution in [3.63, 3.8) is 0 Å². The zero-order valence-corrected chi connectivity index (χ0v) is 7.37. The molecule has 0 unspecified atom stereocenters. The summed E-state index contributed by atoms with van der Waals surface area (Å²) in [5.41, 5.74) is 0. The van der Waals surface area contributed by atoms with Crippen molar-refractivity contribution in [2.45, 2.75) is 5.92 Å². The number of alkyl halides is 2. The van der Waals surface area contributed by atoms with E-state index in [2.05, 4.69) is 4.74 Å². The molecule has 0 saturated heterocycles. The van der Waals surface area contributed by atoms with Crippen LogP contribution in [0.1, 0.15) is 0 Å². The summed E-state index contributed by atoms with van der Waals surface area (Å²) in [6.07, 6.45) is 1.80. The Morgan fingerprint density at radius 1 is 1.67 bits per heavy atom. The average Bonchev–Trinajstić information content (AvgIpc) is 1.98. The lowest BCUT2D eigenvalue weighted by atomic mass is 10.4. The molecule has 0 amide bonds. The molecule has 0 aliphatic heterocycles. The molecule has 0 aromatic heterocycles. The molecule has 0 fully saturated rings. The van der Waals surface area contributed by atoms with Gasteiger partial charge in [-0.15, -0.1) is 0 Å². The third-order valence-electron chi connectivity index (χ3n) is 1.03. The van der Waals surface area contributed by atoms with Gasteiger partial charge < -0.3 is 9.84 Å². The van der Waals surface area contributed by atoms with Crippen LogP contribution in [-0.2, 0) is 9.53 Å². The second-order valence-electron chi connectivity index (χ2n) is 2.05. The molecule has 0 heterocycles. The van der Waals surface area contributed by atoms with Gasteiger partial charge in [0.15, 0.2) is 0 Å². The Bertz CT molecular complexity index is 152. The quantitative estimate of drug-likeness (QED) is 0.652. The van der Waals surface area contributed by atoms with Crippen molar-refractivity contribution in [1.82, 2.24) is 0 Å². The van der Waals surface area contributed by atoms with E-state index in [0.29, 0.717) is 5.75 Å². The molecule has 3 nitrogen and oxygen atoms in total. The smallest absolute Gasteiger partial charge is 0.377 e. The fraction of sp³-hybridized carbons (Fsp3) is 0.833. The summed E-state index contributed by atoms with van der Waals surface area (Å²) in [7, 11) is 0. The van der Waals surface area contributed by atoms with Crippen LogP contribution in [0.25, 0.3) is 0 Å². The molecule has 0 aliphatic rings. The van der Waals surface area contributed by atoms with Gasteiger partial charge in [0.25, 0.3) is 0 Å². The van der Waals surface area contributed by atoms with Gasteiger partial charge in [0.05, 0.1) is 6.61 Å². The minimum atomic E-state index is -3.77. The molecule has 12 heavy (non-hydrogen) atoms. The zero-order chi connectivity index (χ0) is 9.61. The summed E-state index contributed by atoms with van der Waals surface area (Å²) in [5.74, 6) is -5.33. The fourth-order valence-electron chi connectivity index (χ4n) is 0.404. The highest BCUT2D eigenvalue weighted by Gasteiger charge is 2.38. The summed E-state index contributed by atoms with van der Waals surface area (Å²) in [6.45, 7) is -0.910. The number of hydrogen-bond donors (Lipinski definition) is 1. The van der Waals surface area contributed by atoms with E-state index < -0.39 is 18.5 Å². The van der Waals surface area contributed by atoms with Crippen LogP contribution in [0.5, 0.6) is 0 Å². The van der Waals surface area contributed by atoms with E-state index in [1.54, 1.807) is 6.26 Å². The van der Waals surface area contributed by atoms with Crippen LogP contribution in [0.15, 0.2) is 0 Å². The van der Waals surface area contributed by atoms with E-state index in [4.69, 9.17) is 5.11 Å². The summed E-state index contributed by atoms with van der Waals surface area (Å²) >= 11 is 1.44. The van der Waals surface area contributed by atoms with Crippen molar-refractivity contribution < 1.29 is 23.4 Å². The number of aliphatic carboxylic acids is 1. The van der Waals surface area contributed by atoms with Crippen LogP contribution < -0.4 is 0 Å². The molecule has 0 saturated carbocycles. The molecule has 0 bridgehead atoms. The number of carbonyl (C=O) groups is 1. The van der Waals surface area contributed by atoms with Crippen LogP contribution in [-0.4, -0.2) is 42.2 Å². The maximum atomic E-state index is 12.2. The van der Waals surface area contributed by atoms with Gasteiger partial charge in [-0.3, -0.25) is 0 Å². The summed E-state index contributed by atoms with van der Waals surface area (Å²) in [6, 6.07) is 0. The molecule has 0 aliphatic carbocycles. The molecule has 0 atom stereocenters. The molecular weight excluding hydrogens is 190 g/mol. The second-order valence-corrected chi connectivity index (χ2v) is 3.04. The third kappa shape index (κ3) is 4.50. The maximum Gasteiger partial charge on any atom is 0.377 e. The van der Waals surface area contributed by atoms with Crippen LogP contribution in [0.2, 0.25) is 0 Å². The van der Waals surface area contributed by atoms with Gasteiger partial charge in [0.1, 0.15) is 6.61 Å². The van der Waals surface area contributed by atoms with Crippen molar-refractivity contribution in [2.75, 3.05) is 25.2 Å². The number of carboxylic acids is 1. The van der Waals surface area contributed by atoms with Gasteiger partial charge in [-0.25, -0.2) is 4.79 Å². The summed E-state index contributed by atoms with van der Waals surface area (Å²) < 4.78 is 28.9. The highest BCUT2D eigenvalue weighted by atomic mass is 32.2. The standard InChI is InChI=1S/C6H10F2O3S/c1-12-3-2-11-4-6(7,8)5(9)10/h2-4H2,1H3,(H,9,10). The molecule has 72 valence electrons. The number of rotatable bonds is 6. The van der Waals surface area contributed by atoms with E-state index in [1.165, 1.54) is 11.8 Å². The number of ether oxygens (including phenoxy) is 1. The molecular formula is C6H10F2O3S. The lowest BCUT2D eigenvalue weighted by Gasteiger charge is -2.10. The van der Waals surface area contributed by atoms with Gasteiger partial charge >= 0.3 is 11.9 Å². The van der Waals surface area contributed by atoms with Gasteiger partial charge in [0, 0.05) is 5.75 Å². The van der Waals surface area contributed by atoms with E-state index in [9.17, 15) is 13.6 Å². The predicted octanol–water partition coefficient (Wildman–Crippen LogP) is 1.09. The minimum Gasteiger partial charge on any atom is -0.477 e. The Labute approximate surface area is 73.1 Å². The molecule has 1 N–H and O–H groups in total. The summed E-state index contributed by atoms with van der Waals surface area (Å²) in [4.78, 5) is 9.85. The first-order valence-corrected chi connectivity index (χ1v) is 4.58. The SMILES string of the molecule is CSCCOCC(F)(F)C(=O)O. The highest BCUT2D eigenvalue weighted by molar-refractivity contribution is 7.98. The Balaban J connectivity index is 3.54. The van der Waals surface area contributed by atoms with Crippen LogP contribution in [0.4, 0.5) is 8.78 Å². The van der Waals surface area contributed by atoms with Gasteiger partial charge in [-0.2, -0.15) is 20.5 Å². The molecule has 0 radical (unpaired) electrons. The molecule has 6 heteroatoms. The topological polar surface area (TPSA) is 46.5 Å². The number of halogens is 2. The number of thioether (sulfide) groups is 1. The first-order valence-electron chi connectivity index (χ1n) is 3.18. The number of carboxylic acid groups (broad SMARTS) is 1.